The van der Waals surface area contributed by atoms with Crippen LogP contribution >= 0.6 is 0 Å². The number of nitrogens with zero attached hydrogens (tertiary/aromatic N) is 2. The molecule has 1 atom stereocenters. The number of imide groups is 1. The van der Waals surface area contributed by atoms with Crippen molar-refractivity contribution in [3.63, 3.8) is 0 Å². The number of rotatable bonds is 13. The first kappa shape index (κ1) is 35.4. The molecule has 1 aliphatic heterocycles. The lowest BCUT2D eigenvalue weighted by Gasteiger charge is -2.22. The average molecular weight is 698 g/mol. The van der Waals surface area contributed by atoms with Gasteiger partial charge >= 0.3 is 0 Å². The summed E-state index contributed by atoms with van der Waals surface area (Å²) in [5, 5.41) is 2.88. The van der Waals surface area contributed by atoms with Crippen LogP contribution < -0.4 is 24.4 Å². The lowest BCUT2D eigenvalue weighted by Crippen LogP contribution is -2.33. The van der Waals surface area contributed by atoms with Gasteiger partial charge in [-0.25, -0.2) is 0 Å². The molecule has 1 heterocycles. The van der Waals surface area contributed by atoms with Crippen molar-refractivity contribution in [2.24, 2.45) is 0 Å². The molecule has 0 aromatic heterocycles. The second-order valence-corrected chi connectivity index (χ2v) is 12.5. The number of carbonyl (C=O) groups is 4. The number of anilines is 2. The zero-order chi connectivity index (χ0) is 36.8. The summed E-state index contributed by atoms with van der Waals surface area (Å²) < 4.78 is 17.9. The highest BCUT2D eigenvalue weighted by atomic mass is 16.5. The molecule has 0 saturated carbocycles. The molecule has 10 nitrogen and oxygen atoms in total. The smallest absolute Gasteiger partial charge is 0.261 e. The zero-order valence-corrected chi connectivity index (χ0v) is 29.4. The molecule has 0 aliphatic carbocycles. The first-order valence-corrected chi connectivity index (χ1v) is 16.9. The second-order valence-electron chi connectivity index (χ2n) is 12.5. The topological polar surface area (TPSA) is 114 Å². The fraction of sp³-hybridized carbons (Fsp3) is 0.190. The van der Waals surface area contributed by atoms with E-state index in [0.717, 1.165) is 11.1 Å². The van der Waals surface area contributed by atoms with Gasteiger partial charge in [-0.15, -0.1) is 0 Å². The molecule has 1 aliphatic rings. The number of para-hydroxylation sites is 1. The van der Waals surface area contributed by atoms with Crippen LogP contribution in [-0.2, 0) is 6.61 Å². The summed E-state index contributed by atoms with van der Waals surface area (Å²) in [6.45, 7) is 4.30. The number of carbonyl (C=O) groups excluding carboxylic acids is 4. The third-order valence-electron chi connectivity index (χ3n) is 8.81. The molecule has 6 rings (SSSR count). The maximum atomic E-state index is 13.7. The largest absolute Gasteiger partial charge is 0.495 e. The van der Waals surface area contributed by atoms with E-state index < -0.39 is 12.0 Å². The van der Waals surface area contributed by atoms with E-state index in [-0.39, 0.29) is 29.8 Å². The molecule has 0 radical (unpaired) electrons. The molecular formula is C42H39N3O7. The first-order chi connectivity index (χ1) is 25.1. The Labute approximate surface area is 302 Å². The van der Waals surface area contributed by atoms with Crippen LogP contribution in [0.2, 0.25) is 0 Å². The van der Waals surface area contributed by atoms with Crippen LogP contribution in [0.15, 0.2) is 115 Å². The summed E-state index contributed by atoms with van der Waals surface area (Å²) in [4.78, 5) is 55.6. The van der Waals surface area contributed by atoms with Gasteiger partial charge in [-0.05, 0) is 79.6 Å². The van der Waals surface area contributed by atoms with Gasteiger partial charge < -0.3 is 24.4 Å². The third-order valence-corrected chi connectivity index (χ3v) is 8.81. The van der Waals surface area contributed by atoms with E-state index in [0.29, 0.717) is 58.3 Å². The number of fused-ring (bicyclic) bond motifs is 1. The summed E-state index contributed by atoms with van der Waals surface area (Å²) in [5.74, 6) is -0.178. The molecule has 1 unspecified atom stereocenters. The molecule has 5 aromatic carbocycles. The summed E-state index contributed by atoms with van der Waals surface area (Å²) in [6, 6.07) is 33.9. The lowest BCUT2D eigenvalue weighted by atomic mass is 10.1. The van der Waals surface area contributed by atoms with Crippen molar-refractivity contribution < 1.29 is 33.4 Å². The SMILES string of the molecule is COc1cc(C(=O)N(C)c2ccc(C)cc2OCc2ccccc2)ccc1NC(=O)c1ccccc1OC(C)CCN1C(=O)c2ccccc2C1=O. The molecule has 52 heavy (non-hydrogen) atoms. The summed E-state index contributed by atoms with van der Waals surface area (Å²) in [7, 11) is 3.15. The minimum Gasteiger partial charge on any atom is -0.495 e. The Bertz CT molecular complexity index is 2100. The number of aryl methyl sites for hydroxylation is 1. The number of hydrogen-bond acceptors (Lipinski definition) is 7. The number of benzene rings is 5. The Morgan fingerprint density at radius 2 is 1.46 bits per heavy atom. The van der Waals surface area contributed by atoms with E-state index in [1.807, 2.05) is 62.4 Å². The van der Waals surface area contributed by atoms with E-state index in [2.05, 4.69) is 5.32 Å². The van der Waals surface area contributed by atoms with E-state index >= 15 is 0 Å². The van der Waals surface area contributed by atoms with Crippen LogP contribution in [0, 0.1) is 6.92 Å². The van der Waals surface area contributed by atoms with Crippen LogP contribution in [-0.4, -0.2) is 55.3 Å². The standard InChI is InChI=1S/C42H39N3O7/c1-27-18-21-35(38(24-27)51-26-29-12-6-5-7-13-29)44(3)40(47)30-19-20-34(37(25-30)50-4)43-39(46)33-16-10-11-17-36(33)52-28(2)22-23-45-41(48)31-14-8-9-15-32(31)42(45)49/h5-21,24-25,28H,22-23,26H2,1-4H3,(H,43,46). The predicted octanol–water partition coefficient (Wildman–Crippen LogP) is 7.57. The molecular weight excluding hydrogens is 658 g/mol. The Morgan fingerprint density at radius 3 is 2.17 bits per heavy atom. The number of nitrogens with one attached hydrogen (secondary N) is 1. The van der Waals surface area contributed by atoms with Crippen LogP contribution in [0.1, 0.15) is 65.9 Å². The Kier molecular flexibility index (Phi) is 10.6. The maximum Gasteiger partial charge on any atom is 0.261 e. The second kappa shape index (κ2) is 15.6. The van der Waals surface area contributed by atoms with Gasteiger partial charge in [0.2, 0.25) is 0 Å². The minimum atomic E-state index is -0.447. The van der Waals surface area contributed by atoms with Crippen LogP contribution in [0.4, 0.5) is 11.4 Å². The van der Waals surface area contributed by atoms with Crippen molar-refractivity contribution in [2.75, 3.05) is 30.9 Å². The number of hydrogen-bond donors (Lipinski definition) is 1. The normalized spacial score (nSPS) is 12.6. The van der Waals surface area contributed by atoms with Crippen molar-refractivity contribution in [3.8, 4) is 17.2 Å². The quantitative estimate of drug-likeness (QED) is 0.126. The Hall–Kier alpha value is -6.42. The molecule has 10 heteroatoms. The summed E-state index contributed by atoms with van der Waals surface area (Å²) in [6.07, 6.45) is -0.0598. The Morgan fingerprint density at radius 1 is 0.788 bits per heavy atom. The van der Waals surface area contributed by atoms with Crippen molar-refractivity contribution >= 4 is 35.0 Å². The van der Waals surface area contributed by atoms with Crippen molar-refractivity contribution in [3.05, 3.63) is 149 Å². The van der Waals surface area contributed by atoms with Crippen LogP contribution in [0.3, 0.4) is 0 Å². The number of amides is 4. The van der Waals surface area contributed by atoms with Gasteiger partial charge in [0.25, 0.3) is 23.6 Å². The van der Waals surface area contributed by atoms with E-state index in [9.17, 15) is 19.2 Å². The van der Waals surface area contributed by atoms with Crippen molar-refractivity contribution in [1.82, 2.24) is 4.90 Å². The zero-order valence-electron chi connectivity index (χ0n) is 29.4. The highest BCUT2D eigenvalue weighted by molar-refractivity contribution is 6.21. The number of ether oxygens (including phenoxy) is 3. The van der Waals surface area contributed by atoms with Gasteiger partial charge in [0.1, 0.15) is 23.9 Å². The number of methoxy groups -OCH3 is 1. The van der Waals surface area contributed by atoms with Crippen LogP contribution in [0.25, 0.3) is 0 Å². The van der Waals surface area contributed by atoms with Gasteiger partial charge in [-0.1, -0.05) is 60.7 Å². The molecule has 5 aromatic rings. The highest BCUT2D eigenvalue weighted by Crippen LogP contribution is 2.33. The molecule has 4 amide bonds. The first-order valence-electron chi connectivity index (χ1n) is 16.9. The fourth-order valence-corrected chi connectivity index (χ4v) is 5.96. The predicted molar refractivity (Wildman–Crippen MR) is 199 cm³/mol. The molecule has 0 bridgehead atoms. The van der Waals surface area contributed by atoms with Crippen molar-refractivity contribution in [1.29, 1.82) is 0 Å². The maximum absolute atomic E-state index is 13.7. The lowest BCUT2D eigenvalue weighted by molar-refractivity contribution is 0.0634. The molecule has 264 valence electrons. The summed E-state index contributed by atoms with van der Waals surface area (Å²) >= 11 is 0. The molecule has 0 spiro atoms. The summed E-state index contributed by atoms with van der Waals surface area (Å²) in [5.41, 5.74) is 4.40. The van der Waals surface area contributed by atoms with Crippen molar-refractivity contribution in [2.45, 2.75) is 33.0 Å². The van der Waals surface area contributed by atoms with Crippen LogP contribution in [0.5, 0.6) is 17.2 Å². The van der Waals surface area contributed by atoms with Gasteiger partial charge in [0.15, 0.2) is 0 Å². The van der Waals surface area contributed by atoms with Gasteiger partial charge in [0.05, 0.1) is 41.3 Å². The fourth-order valence-electron chi connectivity index (χ4n) is 5.96. The monoisotopic (exact) mass is 697 g/mol. The molecule has 0 fully saturated rings. The van der Waals surface area contributed by atoms with E-state index in [4.69, 9.17) is 14.2 Å². The highest BCUT2D eigenvalue weighted by Gasteiger charge is 2.35. The molecule has 0 saturated heterocycles. The van der Waals surface area contributed by atoms with Gasteiger partial charge in [-0.3, -0.25) is 24.1 Å². The third kappa shape index (κ3) is 7.66. The minimum absolute atomic E-state index is 0.172. The van der Waals surface area contributed by atoms with Gasteiger partial charge in [0, 0.05) is 25.6 Å². The van der Waals surface area contributed by atoms with E-state index in [1.165, 1.54) is 16.9 Å². The van der Waals surface area contributed by atoms with Gasteiger partial charge in [-0.2, -0.15) is 0 Å². The Balaban J connectivity index is 1.11. The average Bonchev–Trinajstić information content (AvgIpc) is 3.41. The van der Waals surface area contributed by atoms with E-state index in [1.54, 1.807) is 73.8 Å². The molecule has 1 N–H and O–H groups in total.